The molecule has 0 radical (unpaired) electrons. The third kappa shape index (κ3) is 2.70. The normalized spacial score (nSPS) is 40.9. The molecule has 3 rings (SSSR count). The molecule has 0 aromatic rings. The van der Waals surface area contributed by atoms with Gasteiger partial charge in [-0.15, -0.1) is 0 Å². The number of nitrogens with zero attached hydrogens (tertiary/aromatic N) is 2. The Morgan fingerprint density at radius 3 is 2.42 bits per heavy atom. The first-order valence-electron chi connectivity index (χ1n) is 8.24. The summed E-state index contributed by atoms with van der Waals surface area (Å²) >= 11 is 0. The maximum absolute atomic E-state index is 10.7. The lowest BCUT2D eigenvalue weighted by atomic mass is 9.72. The van der Waals surface area contributed by atoms with Crippen molar-refractivity contribution in [2.75, 3.05) is 26.2 Å². The molecule has 2 saturated heterocycles. The fraction of sp³-hybridized carbons (Fsp3) is 1.00. The van der Waals surface area contributed by atoms with Gasteiger partial charge >= 0.3 is 0 Å². The maximum Gasteiger partial charge on any atom is 0.0746 e. The van der Waals surface area contributed by atoms with E-state index in [9.17, 15) is 5.11 Å². The molecule has 1 aliphatic carbocycles. The Morgan fingerprint density at radius 1 is 0.947 bits per heavy atom. The molecule has 0 spiro atoms. The van der Waals surface area contributed by atoms with Crippen LogP contribution in [0.15, 0.2) is 0 Å². The first-order valence-corrected chi connectivity index (χ1v) is 8.24. The molecule has 1 N–H and O–H groups in total. The molecule has 2 heterocycles. The van der Waals surface area contributed by atoms with Crippen molar-refractivity contribution in [3.63, 3.8) is 0 Å². The van der Waals surface area contributed by atoms with E-state index in [4.69, 9.17) is 0 Å². The Balaban J connectivity index is 1.60. The summed E-state index contributed by atoms with van der Waals surface area (Å²) in [6.07, 6.45) is 7.58. The zero-order valence-corrected chi connectivity index (χ0v) is 12.6. The molecule has 0 aromatic heterocycles. The van der Waals surface area contributed by atoms with E-state index in [1.807, 2.05) is 0 Å². The van der Waals surface area contributed by atoms with E-state index < -0.39 is 0 Å². The molecule has 0 aromatic carbocycles. The lowest BCUT2D eigenvalue weighted by Crippen LogP contribution is -2.52. The van der Waals surface area contributed by atoms with Gasteiger partial charge in [0.2, 0.25) is 0 Å². The van der Waals surface area contributed by atoms with Crippen LogP contribution in [0, 0.1) is 5.41 Å². The van der Waals surface area contributed by atoms with Crippen LogP contribution >= 0.6 is 0 Å². The Morgan fingerprint density at radius 2 is 1.68 bits per heavy atom. The highest BCUT2D eigenvalue weighted by Crippen LogP contribution is 2.39. The molecular weight excluding hydrogens is 236 g/mol. The van der Waals surface area contributed by atoms with Crippen molar-refractivity contribution < 1.29 is 5.11 Å². The molecule has 2 aliphatic heterocycles. The SMILES string of the molecule is CC1(C)CCCC(N2CCC(N3CCCC3)C2)C1O. The molecule has 0 amide bonds. The average Bonchev–Trinajstić information content (AvgIpc) is 3.01. The summed E-state index contributed by atoms with van der Waals surface area (Å²) in [4.78, 5) is 5.27. The minimum absolute atomic E-state index is 0.106. The van der Waals surface area contributed by atoms with Crippen LogP contribution in [-0.2, 0) is 0 Å². The first kappa shape index (κ1) is 13.8. The summed E-state index contributed by atoms with van der Waals surface area (Å²) in [6.45, 7) is 9.46. The van der Waals surface area contributed by atoms with Crippen molar-refractivity contribution in [2.24, 2.45) is 5.41 Å². The minimum Gasteiger partial charge on any atom is -0.391 e. The van der Waals surface area contributed by atoms with E-state index in [2.05, 4.69) is 23.6 Å². The molecular formula is C16H30N2O. The monoisotopic (exact) mass is 266 g/mol. The zero-order valence-electron chi connectivity index (χ0n) is 12.6. The van der Waals surface area contributed by atoms with Gasteiger partial charge in [0.15, 0.2) is 0 Å². The van der Waals surface area contributed by atoms with E-state index in [1.165, 1.54) is 64.7 Å². The number of aliphatic hydroxyl groups excluding tert-OH is 1. The largest absolute Gasteiger partial charge is 0.391 e. The summed E-state index contributed by atoms with van der Waals surface area (Å²) in [5.74, 6) is 0. The smallest absolute Gasteiger partial charge is 0.0746 e. The molecule has 3 heteroatoms. The van der Waals surface area contributed by atoms with Gasteiger partial charge < -0.3 is 5.11 Å². The lowest BCUT2D eigenvalue weighted by Gasteiger charge is -2.44. The van der Waals surface area contributed by atoms with Crippen molar-refractivity contribution in [3.8, 4) is 0 Å². The van der Waals surface area contributed by atoms with Crippen LogP contribution in [0.5, 0.6) is 0 Å². The number of hydrogen-bond acceptors (Lipinski definition) is 3. The Hall–Kier alpha value is -0.120. The summed E-state index contributed by atoms with van der Waals surface area (Å²) in [5.41, 5.74) is 0.106. The van der Waals surface area contributed by atoms with Gasteiger partial charge in [-0.25, -0.2) is 0 Å². The van der Waals surface area contributed by atoms with E-state index in [1.54, 1.807) is 0 Å². The summed E-state index contributed by atoms with van der Waals surface area (Å²) in [5, 5.41) is 10.7. The van der Waals surface area contributed by atoms with Crippen molar-refractivity contribution in [1.29, 1.82) is 0 Å². The van der Waals surface area contributed by atoms with Gasteiger partial charge in [0, 0.05) is 25.2 Å². The van der Waals surface area contributed by atoms with Gasteiger partial charge in [-0.2, -0.15) is 0 Å². The fourth-order valence-electron chi connectivity index (χ4n) is 4.45. The summed E-state index contributed by atoms with van der Waals surface area (Å²) in [7, 11) is 0. The number of likely N-dealkylation sites (tertiary alicyclic amines) is 2. The Kier molecular flexibility index (Phi) is 3.89. The van der Waals surface area contributed by atoms with Gasteiger partial charge in [-0.1, -0.05) is 20.3 Å². The van der Waals surface area contributed by atoms with E-state index >= 15 is 0 Å². The number of hydrogen-bond donors (Lipinski definition) is 1. The Labute approximate surface area is 118 Å². The molecule has 3 aliphatic rings. The van der Waals surface area contributed by atoms with Gasteiger partial charge in [-0.3, -0.25) is 9.80 Å². The molecule has 1 saturated carbocycles. The van der Waals surface area contributed by atoms with Gasteiger partial charge in [-0.05, 0) is 50.6 Å². The quantitative estimate of drug-likeness (QED) is 0.829. The van der Waals surface area contributed by atoms with Crippen LogP contribution in [0.1, 0.15) is 52.4 Å². The van der Waals surface area contributed by atoms with Gasteiger partial charge in [0.05, 0.1) is 6.10 Å². The molecule has 3 fully saturated rings. The predicted molar refractivity (Wildman–Crippen MR) is 78.2 cm³/mol. The second-order valence-electron chi connectivity index (χ2n) is 7.57. The van der Waals surface area contributed by atoms with E-state index in [0.29, 0.717) is 6.04 Å². The van der Waals surface area contributed by atoms with Crippen LogP contribution in [0.3, 0.4) is 0 Å². The van der Waals surface area contributed by atoms with Crippen molar-refractivity contribution in [2.45, 2.75) is 70.6 Å². The minimum atomic E-state index is -0.140. The standard InChI is InChI=1S/C16H30N2O/c1-16(2)8-5-6-14(15(16)19)18-11-7-13(12-18)17-9-3-4-10-17/h13-15,19H,3-12H2,1-2H3. The summed E-state index contributed by atoms with van der Waals surface area (Å²) < 4.78 is 0. The van der Waals surface area contributed by atoms with E-state index in [0.717, 1.165) is 6.04 Å². The first-order chi connectivity index (χ1) is 9.08. The predicted octanol–water partition coefficient (Wildman–Crippen LogP) is 2.10. The topological polar surface area (TPSA) is 26.7 Å². The molecule has 3 unspecified atom stereocenters. The number of rotatable bonds is 2. The van der Waals surface area contributed by atoms with Gasteiger partial charge in [0.25, 0.3) is 0 Å². The highest BCUT2D eigenvalue weighted by molar-refractivity contribution is 4.97. The molecule has 0 bridgehead atoms. The van der Waals surface area contributed by atoms with Crippen LogP contribution in [0.25, 0.3) is 0 Å². The summed E-state index contributed by atoms with van der Waals surface area (Å²) in [6, 6.07) is 1.18. The molecule has 110 valence electrons. The zero-order chi connectivity index (χ0) is 13.5. The lowest BCUT2D eigenvalue weighted by molar-refractivity contribution is -0.0524. The third-order valence-electron chi connectivity index (χ3n) is 5.81. The van der Waals surface area contributed by atoms with Crippen molar-refractivity contribution in [3.05, 3.63) is 0 Å². The highest BCUT2D eigenvalue weighted by Gasteiger charge is 2.42. The Bertz CT molecular complexity index is 312. The van der Waals surface area contributed by atoms with Crippen LogP contribution in [0.2, 0.25) is 0 Å². The van der Waals surface area contributed by atoms with Crippen molar-refractivity contribution in [1.82, 2.24) is 9.80 Å². The van der Waals surface area contributed by atoms with Crippen LogP contribution < -0.4 is 0 Å². The maximum atomic E-state index is 10.7. The fourth-order valence-corrected chi connectivity index (χ4v) is 4.45. The van der Waals surface area contributed by atoms with Crippen molar-refractivity contribution >= 4 is 0 Å². The molecule has 3 nitrogen and oxygen atoms in total. The van der Waals surface area contributed by atoms with E-state index in [-0.39, 0.29) is 11.5 Å². The molecule has 19 heavy (non-hydrogen) atoms. The third-order valence-corrected chi connectivity index (χ3v) is 5.81. The van der Waals surface area contributed by atoms with Crippen LogP contribution in [0.4, 0.5) is 0 Å². The number of aliphatic hydroxyl groups is 1. The molecule has 3 atom stereocenters. The van der Waals surface area contributed by atoms with Crippen LogP contribution in [-0.4, -0.2) is 59.3 Å². The van der Waals surface area contributed by atoms with Gasteiger partial charge in [0.1, 0.15) is 0 Å². The second-order valence-corrected chi connectivity index (χ2v) is 7.57. The average molecular weight is 266 g/mol. The second kappa shape index (κ2) is 5.34. The highest BCUT2D eigenvalue weighted by atomic mass is 16.3.